The van der Waals surface area contributed by atoms with Crippen LogP contribution in [0.15, 0.2) is 36.4 Å². The van der Waals surface area contributed by atoms with Crippen molar-refractivity contribution in [2.45, 2.75) is 0 Å². The summed E-state index contributed by atoms with van der Waals surface area (Å²) >= 11 is 5.43. The molecular weight excluding hydrogens is 237 g/mol. The normalized spacial score (nSPS) is 10.5. The molecule has 0 N–H and O–H groups in total. The van der Waals surface area contributed by atoms with Gasteiger partial charge < -0.3 is 0 Å². The number of benzene rings is 2. The van der Waals surface area contributed by atoms with Crippen LogP contribution in [0.25, 0.3) is 11.1 Å². The molecule has 0 unspecified atom stereocenters. The molecule has 0 spiro atoms. The summed E-state index contributed by atoms with van der Waals surface area (Å²) in [6.07, 6.45) is 0. The van der Waals surface area contributed by atoms with E-state index in [1.807, 2.05) is 0 Å². The Bertz CT molecular complexity index is 538. The highest BCUT2D eigenvalue weighted by atomic mass is 35.5. The van der Waals surface area contributed by atoms with Gasteiger partial charge in [-0.1, -0.05) is 23.7 Å². The van der Waals surface area contributed by atoms with Crippen molar-refractivity contribution in [3.63, 3.8) is 0 Å². The third kappa shape index (κ3) is 1.91. The Morgan fingerprint density at radius 2 is 1.69 bits per heavy atom. The summed E-state index contributed by atoms with van der Waals surface area (Å²) in [4.78, 5) is 0. The van der Waals surface area contributed by atoms with Crippen molar-refractivity contribution in [1.29, 1.82) is 0 Å². The molecule has 4 heteroatoms. The van der Waals surface area contributed by atoms with Gasteiger partial charge in [-0.2, -0.15) is 0 Å². The molecule has 0 atom stereocenters. The zero-order chi connectivity index (χ0) is 11.7. The molecule has 0 fully saturated rings. The molecule has 2 aromatic rings. The fourth-order valence-electron chi connectivity index (χ4n) is 1.40. The van der Waals surface area contributed by atoms with Crippen LogP contribution >= 0.6 is 11.6 Å². The molecule has 0 heterocycles. The largest absolute Gasteiger partial charge is 0.207 e. The van der Waals surface area contributed by atoms with E-state index in [1.54, 1.807) is 0 Å². The van der Waals surface area contributed by atoms with Gasteiger partial charge in [-0.05, 0) is 29.8 Å². The van der Waals surface area contributed by atoms with E-state index in [0.717, 1.165) is 12.1 Å². The molecule has 0 aliphatic heterocycles. The standard InChI is InChI=1S/C12H6ClF3/c13-11-10(15)5-4-9(12(11)16)7-2-1-3-8(14)6-7/h1-6H. The summed E-state index contributed by atoms with van der Waals surface area (Å²) in [5.74, 6) is -2.20. The maximum atomic E-state index is 13.6. The third-order valence-electron chi connectivity index (χ3n) is 2.17. The van der Waals surface area contributed by atoms with E-state index in [2.05, 4.69) is 0 Å². The van der Waals surface area contributed by atoms with E-state index < -0.39 is 22.5 Å². The zero-order valence-corrected chi connectivity index (χ0v) is 8.73. The Morgan fingerprint density at radius 3 is 2.38 bits per heavy atom. The van der Waals surface area contributed by atoms with Gasteiger partial charge >= 0.3 is 0 Å². The quantitative estimate of drug-likeness (QED) is 0.649. The lowest BCUT2D eigenvalue weighted by atomic mass is 10.1. The molecule has 82 valence electrons. The fraction of sp³-hybridized carbons (Fsp3) is 0. The van der Waals surface area contributed by atoms with Crippen LogP contribution in [0.4, 0.5) is 13.2 Å². The van der Waals surface area contributed by atoms with E-state index in [4.69, 9.17) is 11.6 Å². The maximum absolute atomic E-state index is 13.6. The number of hydrogen-bond acceptors (Lipinski definition) is 0. The van der Waals surface area contributed by atoms with Crippen molar-refractivity contribution < 1.29 is 13.2 Å². The van der Waals surface area contributed by atoms with E-state index in [-0.39, 0.29) is 5.56 Å². The molecular formula is C12H6ClF3. The molecule has 0 aliphatic carbocycles. The second-order valence-electron chi connectivity index (χ2n) is 3.23. The summed E-state index contributed by atoms with van der Waals surface area (Å²) in [6, 6.07) is 7.65. The monoisotopic (exact) mass is 242 g/mol. The maximum Gasteiger partial charge on any atom is 0.152 e. The molecule has 2 rings (SSSR count). The Labute approximate surface area is 95.3 Å². The first-order chi connectivity index (χ1) is 7.59. The summed E-state index contributed by atoms with van der Waals surface area (Å²) in [6.45, 7) is 0. The van der Waals surface area contributed by atoms with Crippen LogP contribution in [-0.4, -0.2) is 0 Å². The van der Waals surface area contributed by atoms with Gasteiger partial charge in [-0.3, -0.25) is 0 Å². The Kier molecular flexibility index (Phi) is 2.88. The van der Waals surface area contributed by atoms with Crippen molar-refractivity contribution in [2.75, 3.05) is 0 Å². The molecule has 0 aliphatic rings. The van der Waals surface area contributed by atoms with Gasteiger partial charge in [0.2, 0.25) is 0 Å². The number of rotatable bonds is 1. The Hall–Kier alpha value is -1.48. The molecule has 2 aromatic carbocycles. The minimum absolute atomic E-state index is 0.0749. The van der Waals surface area contributed by atoms with Crippen LogP contribution in [0.2, 0.25) is 5.02 Å². The third-order valence-corrected chi connectivity index (χ3v) is 2.52. The number of hydrogen-bond donors (Lipinski definition) is 0. The van der Waals surface area contributed by atoms with Crippen LogP contribution < -0.4 is 0 Å². The predicted molar refractivity (Wildman–Crippen MR) is 56.8 cm³/mol. The lowest BCUT2D eigenvalue weighted by Crippen LogP contribution is -1.89. The fourth-order valence-corrected chi connectivity index (χ4v) is 1.57. The Balaban J connectivity index is 2.61. The highest BCUT2D eigenvalue weighted by molar-refractivity contribution is 6.31. The van der Waals surface area contributed by atoms with Crippen molar-refractivity contribution in [3.8, 4) is 11.1 Å². The van der Waals surface area contributed by atoms with Crippen LogP contribution in [0, 0.1) is 17.5 Å². The highest BCUT2D eigenvalue weighted by Crippen LogP contribution is 2.29. The van der Waals surface area contributed by atoms with Gasteiger partial charge in [0.05, 0.1) is 0 Å². The topological polar surface area (TPSA) is 0 Å². The molecule has 16 heavy (non-hydrogen) atoms. The summed E-state index contributed by atoms with van der Waals surface area (Å²) in [5, 5.41) is -0.582. The molecule has 0 saturated heterocycles. The summed E-state index contributed by atoms with van der Waals surface area (Å²) < 4.78 is 39.4. The van der Waals surface area contributed by atoms with Gasteiger partial charge in [0.25, 0.3) is 0 Å². The minimum atomic E-state index is -0.882. The Morgan fingerprint density at radius 1 is 0.938 bits per heavy atom. The van der Waals surface area contributed by atoms with E-state index in [0.29, 0.717) is 5.56 Å². The van der Waals surface area contributed by atoms with Crippen LogP contribution in [0.5, 0.6) is 0 Å². The molecule has 0 amide bonds. The lowest BCUT2D eigenvalue weighted by molar-refractivity contribution is 0.586. The molecule has 0 radical (unpaired) electrons. The first-order valence-corrected chi connectivity index (χ1v) is 4.87. The van der Waals surface area contributed by atoms with Crippen LogP contribution in [0.3, 0.4) is 0 Å². The summed E-state index contributed by atoms with van der Waals surface area (Å²) in [5.41, 5.74) is 0.394. The van der Waals surface area contributed by atoms with Gasteiger partial charge in [0, 0.05) is 5.56 Å². The number of halogens is 4. The second-order valence-corrected chi connectivity index (χ2v) is 3.61. The van der Waals surface area contributed by atoms with Gasteiger partial charge in [-0.15, -0.1) is 0 Å². The average Bonchev–Trinajstić information content (AvgIpc) is 2.26. The van der Waals surface area contributed by atoms with Gasteiger partial charge in [-0.25, -0.2) is 13.2 Å². The molecule has 0 nitrogen and oxygen atoms in total. The van der Waals surface area contributed by atoms with Crippen molar-refractivity contribution >= 4 is 11.6 Å². The SMILES string of the molecule is Fc1cccc(-c2ccc(F)c(Cl)c2F)c1. The van der Waals surface area contributed by atoms with E-state index in [1.165, 1.54) is 24.3 Å². The van der Waals surface area contributed by atoms with Crippen molar-refractivity contribution in [3.05, 3.63) is 58.9 Å². The second kappa shape index (κ2) is 4.18. The van der Waals surface area contributed by atoms with Gasteiger partial charge in [0.15, 0.2) is 5.82 Å². The predicted octanol–water partition coefficient (Wildman–Crippen LogP) is 4.42. The van der Waals surface area contributed by atoms with E-state index >= 15 is 0 Å². The van der Waals surface area contributed by atoms with Gasteiger partial charge in [0.1, 0.15) is 16.7 Å². The molecule has 0 saturated carbocycles. The lowest BCUT2D eigenvalue weighted by Gasteiger charge is -2.05. The molecule has 0 bridgehead atoms. The van der Waals surface area contributed by atoms with Crippen molar-refractivity contribution in [2.24, 2.45) is 0 Å². The van der Waals surface area contributed by atoms with Crippen LogP contribution in [0.1, 0.15) is 0 Å². The summed E-state index contributed by atoms with van der Waals surface area (Å²) in [7, 11) is 0. The zero-order valence-electron chi connectivity index (χ0n) is 7.98. The average molecular weight is 243 g/mol. The molecule has 0 aromatic heterocycles. The van der Waals surface area contributed by atoms with E-state index in [9.17, 15) is 13.2 Å². The first-order valence-electron chi connectivity index (χ1n) is 4.49. The van der Waals surface area contributed by atoms with Crippen LogP contribution in [-0.2, 0) is 0 Å². The highest BCUT2D eigenvalue weighted by Gasteiger charge is 2.13. The first kappa shape index (κ1) is 11.0. The van der Waals surface area contributed by atoms with Crippen molar-refractivity contribution in [1.82, 2.24) is 0 Å². The minimum Gasteiger partial charge on any atom is -0.207 e. The smallest absolute Gasteiger partial charge is 0.152 e.